The SMILES string of the molecule is CC.CCCOCCOCC(=O)Nc1cccc2c1CN(C(CCC(=O)CCC)C(C)=O)C2=O. The van der Waals surface area contributed by atoms with Gasteiger partial charge in [-0.3, -0.25) is 19.2 Å². The fourth-order valence-electron chi connectivity index (χ4n) is 3.72. The molecule has 1 heterocycles. The second kappa shape index (κ2) is 16.1. The van der Waals surface area contributed by atoms with Crippen molar-refractivity contribution in [2.75, 3.05) is 31.7 Å². The number of rotatable bonds is 15. The molecule has 0 saturated heterocycles. The third kappa shape index (κ3) is 8.99. The molecule has 1 N–H and O–H groups in total. The van der Waals surface area contributed by atoms with E-state index in [-0.39, 0.29) is 43.0 Å². The van der Waals surface area contributed by atoms with Crippen LogP contribution in [0.2, 0.25) is 0 Å². The highest BCUT2D eigenvalue weighted by Gasteiger charge is 2.36. The van der Waals surface area contributed by atoms with Gasteiger partial charge in [0.1, 0.15) is 12.4 Å². The van der Waals surface area contributed by atoms with E-state index in [0.717, 1.165) is 12.8 Å². The molecule has 0 bridgehead atoms. The molecule has 34 heavy (non-hydrogen) atoms. The second-order valence-corrected chi connectivity index (χ2v) is 7.93. The van der Waals surface area contributed by atoms with Crippen molar-refractivity contribution < 1.29 is 28.7 Å². The summed E-state index contributed by atoms with van der Waals surface area (Å²) in [5, 5.41) is 2.80. The standard InChI is InChI=1S/C24H34N2O6.C2H6/c1-4-7-18(28)10-11-22(17(3)27)26-15-20-19(24(26)30)8-6-9-21(20)25-23(29)16-32-14-13-31-12-5-2;1-2/h6,8-9,22H,4-5,7,10-16H2,1-3H3,(H,25,29);1-2H3. The number of amides is 2. The topological polar surface area (TPSA) is 102 Å². The number of ether oxygens (including phenoxy) is 2. The van der Waals surface area contributed by atoms with Crippen molar-refractivity contribution in [1.29, 1.82) is 0 Å². The number of nitrogens with one attached hydrogen (secondary N) is 1. The number of Topliss-reactive ketones (excluding diaryl/α,β-unsaturated/α-hetero) is 2. The summed E-state index contributed by atoms with van der Waals surface area (Å²) in [7, 11) is 0. The van der Waals surface area contributed by atoms with Crippen LogP contribution in [0, 0.1) is 0 Å². The van der Waals surface area contributed by atoms with E-state index in [9.17, 15) is 19.2 Å². The van der Waals surface area contributed by atoms with Crippen molar-refractivity contribution in [3.8, 4) is 0 Å². The van der Waals surface area contributed by atoms with E-state index in [1.807, 2.05) is 27.7 Å². The molecule has 1 unspecified atom stereocenters. The lowest BCUT2D eigenvalue weighted by Crippen LogP contribution is -2.40. The number of anilines is 1. The summed E-state index contributed by atoms with van der Waals surface area (Å²) in [6.45, 7) is 10.9. The maximum atomic E-state index is 13.0. The fraction of sp³-hybridized carbons (Fsp3) is 0.615. The zero-order valence-electron chi connectivity index (χ0n) is 21.3. The predicted molar refractivity (Wildman–Crippen MR) is 132 cm³/mol. The molecule has 2 amide bonds. The van der Waals surface area contributed by atoms with Crippen LogP contribution in [-0.4, -0.2) is 60.8 Å². The van der Waals surface area contributed by atoms with Gasteiger partial charge < -0.3 is 19.7 Å². The molecule has 1 aromatic rings. The molecule has 190 valence electrons. The van der Waals surface area contributed by atoms with Crippen LogP contribution in [0.3, 0.4) is 0 Å². The first-order valence-electron chi connectivity index (χ1n) is 12.3. The Labute approximate surface area is 203 Å². The van der Waals surface area contributed by atoms with Crippen LogP contribution in [0.15, 0.2) is 18.2 Å². The van der Waals surface area contributed by atoms with Crippen LogP contribution in [0.25, 0.3) is 0 Å². The van der Waals surface area contributed by atoms with Crippen LogP contribution in [0.4, 0.5) is 5.69 Å². The Morgan fingerprint density at radius 2 is 1.74 bits per heavy atom. The Balaban J connectivity index is 0.00000281. The third-order valence-corrected chi connectivity index (χ3v) is 5.29. The van der Waals surface area contributed by atoms with Gasteiger partial charge in [0.2, 0.25) is 5.91 Å². The van der Waals surface area contributed by atoms with Gasteiger partial charge >= 0.3 is 0 Å². The quantitative estimate of drug-likeness (QED) is 0.382. The van der Waals surface area contributed by atoms with Crippen LogP contribution in [0.5, 0.6) is 0 Å². The average molecular weight is 477 g/mol. The minimum atomic E-state index is -0.661. The Bertz CT molecular complexity index is 824. The lowest BCUT2D eigenvalue weighted by atomic mass is 10.0. The summed E-state index contributed by atoms with van der Waals surface area (Å²) in [5.41, 5.74) is 1.66. The second-order valence-electron chi connectivity index (χ2n) is 7.93. The summed E-state index contributed by atoms with van der Waals surface area (Å²) >= 11 is 0. The number of hydrogen-bond donors (Lipinski definition) is 1. The molecule has 0 saturated carbocycles. The molecule has 1 atom stereocenters. The molecular formula is C26H40N2O6. The van der Waals surface area contributed by atoms with E-state index in [2.05, 4.69) is 5.32 Å². The number of ketones is 2. The molecular weight excluding hydrogens is 436 g/mol. The number of carbonyl (C=O) groups is 4. The van der Waals surface area contributed by atoms with Crippen molar-refractivity contribution in [1.82, 2.24) is 4.90 Å². The highest BCUT2D eigenvalue weighted by atomic mass is 16.5. The van der Waals surface area contributed by atoms with Crippen molar-refractivity contribution in [3.05, 3.63) is 29.3 Å². The number of fused-ring (bicyclic) bond motifs is 1. The Morgan fingerprint density at radius 1 is 1.03 bits per heavy atom. The summed E-state index contributed by atoms with van der Waals surface area (Å²) in [6.07, 6.45) is 2.73. The van der Waals surface area contributed by atoms with Gasteiger partial charge in [-0.2, -0.15) is 0 Å². The molecule has 8 nitrogen and oxygen atoms in total. The molecule has 0 aromatic heterocycles. The van der Waals surface area contributed by atoms with E-state index < -0.39 is 6.04 Å². The number of carbonyl (C=O) groups excluding carboxylic acids is 4. The Morgan fingerprint density at radius 3 is 2.38 bits per heavy atom. The largest absolute Gasteiger partial charge is 0.379 e. The van der Waals surface area contributed by atoms with Gasteiger partial charge in [0.15, 0.2) is 5.78 Å². The molecule has 0 radical (unpaired) electrons. The average Bonchev–Trinajstić information content (AvgIpc) is 3.15. The summed E-state index contributed by atoms with van der Waals surface area (Å²) in [5.74, 6) is -0.646. The summed E-state index contributed by atoms with van der Waals surface area (Å²) in [4.78, 5) is 51.0. The van der Waals surface area contributed by atoms with E-state index >= 15 is 0 Å². The smallest absolute Gasteiger partial charge is 0.255 e. The minimum Gasteiger partial charge on any atom is -0.379 e. The van der Waals surface area contributed by atoms with E-state index in [4.69, 9.17) is 9.47 Å². The van der Waals surface area contributed by atoms with Gasteiger partial charge in [-0.05, 0) is 38.3 Å². The number of nitrogens with zero attached hydrogens (tertiary/aromatic N) is 1. The zero-order chi connectivity index (χ0) is 25.5. The molecule has 0 aliphatic carbocycles. The molecule has 1 aromatic carbocycles. The monoisotopic (exact) mass is 476 g/mol. The highest BCUT2D eigenvalue weighted by molar-refractivity contribution is 6.04. The number of benzene rings is 1. The first-order valence-corrected chi connectivity index (χ1v) is 12.3. The molecule has 1 aliphatic rings. The van der Waals surface area contributed by atoms with Gasteiger partial charge in [-0.15, -0.1) is 0 Å². The first-order chi connectivity index (χ1) is 16.4. The molecule has 0 spiro atoms. The molecule has 2 rings (SSSR count). The van der Waals surface area contributed by atoms with Gasteiger partial charge in [0.05, 0.1) is 19.3 Å². The highest BCUT2D eigenvalue weighted by Crippen LogP contribution is 2.32. The van der Waals surface area contributed by atoms with Crippen molar-refractivity contribution in [3.63, 3.8) is 0 Å². The van der Waals surface area contributed by atoms with Crippen LogP contribution >= 0.6 is 0 Å². The lowest BCUT2D eigenvalue weighted by Gasteiger charge is -2.25. The molecule has 8 heteroatoms. The number of hydrogen-bond acceptors (Lipinski definition) is 6. The maximum absolute atomic E-state index is 13.0. The fourth-order valence-corrected chi connectivity index (χ4v) is 3.72. The van der Waals surface area contributed by atoms with Crippen molar-refractivity contribution in [2.45, 2.75) is 79.3 Å². The van der Waals surface area contributed by atoms with Crippen molar-refractivity contribution in [2.24, 2.45) is 0 Å². The van der Waals surface area contributed by atoms with Crippen molar-refractivity contribution >= 4 is 29.1 Å². The normalized spacial score (nSPS) is 13.1. The Kier molecular flexibility index (Phi) is 14.0. The summed E-state index contributed by atoms with van der Waals surface area (Å²) in [6, 6.07) is 4.45. The van der Waals surface area contributed by atoms with E-state index in [0.29, 0.717) is 49.5 Å². The van der Waals surface area contributed by atoms with Crippen LogP contribution < -0.4 is 5.32 Å². The van der Waals surface area contributed by atoms with Gasteiger partial charge in [0.25, 0.3) is 5.91 Å². The predicted octanol–water partition coefficient (Wildman–Crippen LogP) is 4.16. The van der Waals surface area contributed by atoms with E-state index in [1.54, 1.807) is 18.2 Å². The Hall–Kier alpha value is -2.58. The third-order valence-electron chi connectivity index (χ3n) is 5.29. The van der Waals surface area contributed by atoms with Gasteiger partial charge in [-0.1, -0.05) is 33.8 Å². The molecule has 0 fully saturated rings. The van der Waals surface area contributed by atoms with E-state index in [1.165, 1.54) is 11.8 Å². The zero-order valence-corrected chi connectivity index (χ0v) is 21.3. The first kappa shape index (κ1) is 29.5. The van der Waals surface area contributed by atoms with Gasteiger partial charge in [0, 0.05) is 42.8 Å². The van der Waals surface area contributed by atoms with Crippen LogP contribution in [0.1, 0.15) is 82.6 Å². The molecule has 1 aliphatic heterocycles. The summed E-state index contributed by atoms with van der Waals surface area (Å²) < 4.78 is 10.6. The van der Waals surface area contributed by atoms with Gasteiger partial charge in [-0.25, -0.2) is 0 Å². The lowest BCUT2D eigenvalue weighted by molar-refractivity contribution is -0.123. The maximum Gasteiger partial charge on any atom is 0.255 e. The van der Waals surface area contributed by atoms with Crippen LogP contribution in [-0.2, 0) is 30.4 Å². The minimum absolute atomic E-state index is 0.0935.